The van der Waals surface area contributed by atoms with E-state index in [1.54, 1.807) is 0 Å². The maximum absolute atomic E-state index is 5.26. The lowest BCUT2D eigenvalue weighted by Crippen LogP contribution is -2.23. The van der Waals surface area contributed by atoms with Gasteiger partial charge in [-0.15, -0.1) is 4.98 Å². The molecule has 2 rings (SSSR count). The van der Waals surface area contributed by atoms with Crippen LogP contribution >= 0.6 is 0 Å². The molecule has 0 aliphatic rings. The Hall–Kier alpha value is -2.25. The Balaban J connectivity index is 2.29. The molecular formula is C17H23N3O4. The fraction of sp³-hybridized carbons (Fsp3) is 0.471. The molecule has 24 heavy (non-hydrogen) atoms. The van der Waals surface area contributed by atoms with Crippen molar-refractivity contribution in [3.63, 3.8) is 0 Å². The highest BCUT2D eigenvalue weighted by Gasteiger charge is 2.19. The van der Waals surface area contributed by atoms with Crippen LogP contribution in [-0.4, -0.2) is 26.2 Å². The molecule has 0 fully saturated rings. The van der Waals surface area contributed by atoms with E-state index < -0.39 is 11.2 Å². The molecule has 2 aromatic rings. The van der Waals surface area contributed by atoms with Crippen LogP contribution in [0.25, 0.3) is 11.4 Å². The van der Waals surface area contributed by atoms with E-state index in [0.29, 0.717) is 5.82 Å². The quantitative estimate of drug-likeness (QED) is 0.609. The molecule has 1 aromatic carbocycles. The highest BCUT2D eigenvalue weighted by atomic mass is 17.2. The van der Waals surface area contributed by atoms with Crippen molar-refractivity contribution < 1.29 is 19.6 Å². The van der Waals surface area contributed by atoms with Gasteiger partial charge in [-0.2, -0.15) is 19.7 Å². The number of hydrogen-bond acceptors (Lipinski definition) is 7. The lowest BCUT2D eigenvalue weighted by atomic mass is 10.2. The van der Waals surface area contributed by atoms with E-state index >= 15 is 0 Å². The first-order valence-electron chi connectivity index (χ1n) is 7.65. The second-order valence-electron chi connectivity index (χ2n) is 7.15. The summed E-state index contributed by atoms with van der Waals surface area (Å²) in [5.74, 6) is 0.394. The third kappa shape index (κ3) is 6.10. The average molecular weight is 333 g/mol. The summed E-state index contributed by atoms with van der Waals surface area (Å²) in [4.78, 5) is 33.5. The molecule has 0 atom stereocenters. The maximum atomic E-state index is 5.26. The Kier molecular flexibility index (Phi) is 5.36. The molecule has 0 radical (unpaired) electrons. The summed E-state index contributed by atoms with van der Waals surface area (Å²) in [7, 11) is 0. The summed E-state index contributed by atoms with van der Waals surface area (Å²) in [6.07, 6.45) is 0. The fourth-order valence-corrected chi connectivity index (χ4v) is 1.45. The topological polar surface area (TPSA) is 75.6 Å². The van der Waals surface area contributed by atoms with E-state index in [4.69, 9.17) is 19.6 Å². The van der Waals surface area contributed by atoms with E-state index in [2.05, 4.69) is 15.0 Å². The monoisotopic (exact) mass is 333 g/mol. The van der Waals surface area contributed by atoms with E-state index in [0.717, 1.165) is 5.56 Å². The van der Waals surface area contributed by atoms with Crippen LogP contribution in [0, 0.1) is 0 Å². The third-order valence-corrected chi connectivity index (χ3v) is 2.36. The smallest absolute Gasteiger partial charge is 0.294 e. The van der Waals surface area contributed by atoms with E-state index in [1.165, 1.54) is 0 Å². The van der Waals surface area contributed by atoms with Gasteiger partial charge in [0.2, 0.25) is 0 Å². The summed E-state index contributed by atoms with van der Waals surface area (Å²) in [5, 5.41) is 0. The van der Waals surface area contributed by atoms with Crippen molar-refractivity contribution in [1.29, 1.82) is 0 Å². The number of hydrogen-bond donors (Lipinski definition) is 0. The summed E-state index contributed by atoms with van der Waals surface area (Å²) < 4.78 is 0. The molecule has 0 amide bonds. The predicted molar refractivity (Wildman–Crippen MR) is 88.2 cm³/mol. The van der Waals surface area contributed by atoms with E-state index in [9.17, 15) is 0 Å². The highest BCUT2D eigenvalue weighted by molar-refractivity contribution is 5.54. The van der Waals surface area contributed by atoms with Crippen molar-refractivity contribution in [3.05, 3.63) is 30.3 Å². The predicted octanol–water partition coefficient (Wildman–Crippen LogP) is 3.76. The van der Waals surface area contributed by atoms with Crippen LogP contribution in [0.15, 0.2) is 30.3 Å². The van der Waals surface area contributed by atoms with Crippen molar-refractivity contribution in [2.45, 2.75) is 52.7 Å². The Morgan fingerprint density at radius 3 is 1.54 bits per heavy atom. The van der Waals surface area contributed by atoms with Gasteiger partial charge in [0.15, 0.2) is 5.82 Å². The van der Waals surface area contributed by atoms with Crippen molar-refractivity contribution >= 4 is 0 Å². The van der Waals surface area contributed by atoms with Gasteiger partial charge >= 0.3 is 12.0 Å². The number of rotatable bonds is 5. The van der Waals surface area contributed by atoms with Crippen LogP contribution in [0.5, 0.6) is 12.0 Å². The number of benzene rings is 1. The van der Waals surface area contributed by atoms with E-state index in [1.807, 2.05) is 71.9 Å². The first-order valence-corrected chi connectivity index (χ1v) is 7.65. The molecule has 1 heterocycles. The fourth-order valence-electron chi connectivity index (χ4n) is 1.45. The molecule has 0 N–H and O–H groups in total. The van der Waals surface area contributed by atoms with Crippen molar-refractivity contribution in [2.24, 2.45) is 0 Å². The van der Waals surface area contributed by atoms with Gasteiger partial charge in [-0.1, -0.05) is 30.3 Å². The molecular weight excluding hydrogens is 310 g/mol. The van der Waals surface area contributed by atoms with Gasteiger partial charge in [0.25, 0.3) is 0 Å². The zero-order chi connectivity index (χ0) is 17.8. The Labute approximate surface area is 141 Å². The molecule has 0 unspecified atom stereocenters. The molecule has 0 aliphatic heterocycles. The molecule has 0 saturated heterocycles. The van der Waals surface area contributed by atoms with Crippen molar-refractivity contribution in [2.75, 3.05) is 0 Å². The molecule has 130 valence electrons. The molecule has 1 aromatic heterocycles. The standard InChI is InChI=1S/C17H23N3O4/c1-16(2,3)23-21-14-18-13(12-10-8-7-9-11-12)19-15(20-14)22-24-17(4,5)6/h7-11H,1-6H3. The lowest BCUT2D eigenvalue weighted by Gasteiger charge is -2.18. The molecule has 0 spiro atoms. The minimum atomic E-state index is -0.511. The summed E-state index contributed by atoms with van der Waals surface area (Å²) in [6, 6.07) is 9.41. The van der Waals surface area contributed by atoms with Crippen LogP contribution in [-0.2, 0) is 9.78 Å². The lowest BCUT2D eigenvalue weighted by molar-refractivity contribution is -0.287. The second-order valence-corrected chi connectivity index (χ2v) is 7.15. The zero-order valence-corrected chi connectivity index (χ0v) is 14.9. The van der Waals surface area contributed by atoms with Crippen LogP contribution in [0.4, 0.5) is 0 Å². The molecule has 7 heteroatoms. The Morgan fingerprint density at radius 1 is 0.667 bits per heavy atom. The zero-order valence-electron chi connectivity index (χ0n) is 14.9. The van der Waals surface area contributed by atoms with Gasteiger partial charge in [0.1, 0.15) is 11.2 Å². The number of aromatic nitrogens is 3. The molecule has 0 aliphatic carbocycles. The Bertz CT molecular complexity index is 628. The second kappa shape index (κ2) is 7.11. The van der Waals surface area contributed by atoms with Gasteiger partial charge in [-0.25, -0.2) is 0 Å². The van der Waals surface area contributed by atoms with Crippen LogP contribution in [0.2, 0.25) is 0 Å². The van der Waals surface area contributed by atoms with Crippen LogP contribution in [0.1, 0.15) is 41.5 Å². The third-order valence-electron chi connectivity index (χ3n) is 2.36. The number of nitrogens with zero attached hydrogens (tertiary/aromatic N) is 3. The minimum absolute atomic E-state index is 0.00807. The van der Waals surface area contributed by atoms with Gasteiger partial charge in [-0.3, -0.25) is 9.78 Å². The molecule has 0 bridgehead atoms. The summed E-state index contributed by atoms with van der Waals surface area (Å²) in [6.45, 7) is 11.1. The van der Waals surface area contributed by atoms with E-state index in [-0.39, 0.29) is 12.0 Å². The van der Waals surface area contributed by atoms with Gasteiger partial charge < -0.3 is 0 Å². The normalized spacial score (nSPS) is 12.1. The largest absolute Gasteiger partial charge is 0.360 e. The minimum Gasteiger partial charge on any atom is -0.294 e. The summed E-state index contributed by atoms with van der Waals surface area (Å²) in [5.41, 5.74) is -0.230. The van der Waals surface area contributed by atoms with Gasteiger partial charge in [0.05, 0.1) is 0 Å². The van der Waals surface area contributed by atoms with Crippen LogP contribution < -0.4 is 9.78 Å². The highest BCUT2D eigenvalue weighted by Crippen LogP contribution is 2.21. The average Bonchev–Trinajstić information content (AvgIpc) is 2.50. The van der Waals surface area contributed by atoms with Crippen molar-refractivity contribution in [1.82, 2.24) is 15.0 Å². The molecule has 0 saturated carbocycles. The van der Waals surface area contributed by atoms with Crippen LogP contribution in [0.3, 0.4) is 0 Å². The van der Waals surface area contributed by atoms with Gasteiger partial charge in [0, 0.05) is 5.56 Å². The Morgan fingerprint density at radius 2 is 1.12 bits per heavy atom. The van der Waals surface area contributed by atoms with Crippen molar-refractivity contribution in [3.8, 4) is 23.4 Å². The first-order chi connectivity index (χ1) is 11.1. The maximum Gasteiger partial charge on any atom is 0.360 e. The first kappa shape index (κ1) is 18.1. The summed E-state index contributed by atoms with van der Waals surface area (Å²) >= 11 is 0. The molecule has 7 nitrogen and oxygen atoms in total. The van der Waals surface area contributed by atoms with Gasteiger partial charge in [-0.05, 0) is 41.5 Å². The SMILES string of the molecule is CC(C)(C)OOc1nc(OOC(C)(C)C)nc(-c2ccccc2)n1.